The number of carbonyl (C=O) groups is 2. The summed E-state index contributed by atoms with van der Waals surface area (Å²) in [7, 11) is 0. The molecule has 0 saturated heterocycles. The van der Waals surface area contributed by atoms with Crippen molar-refractivity contribution in [3.63, 3.8) is 0 Å². The Bertz CT molecular complexity index is 768. The molecule has 2 aromatic rings. The van der Waals surface area contributed by atoms with E-state index < -0.39 is 6.04 Å². The molecule has 2 N–H and O–H groups in total. The average Bonchev–Trinajstić information content (AvgIpc) is 3.02. The van der Waals surface area contributed by atoms with Gasteiger partial charge in [0.25, 0.3) is 0 Å². The molecule has 2 atom stereocenters. The van der Waals surface area contributed by atoms with Gasteiger partial charge in [0.1, 0.15) is 11.0 Å². The fourth-order valence-electron chi connectivity index (χ4n) is 2.98. The van der Waals surface area contributed by atoms with Gasteiger partial charge in [-0.25, -0.2) is 0 Å². The van der Waals surface area contributed by atoms with Gasteiger partial charge < -0.3 is 5.32 Å². The molecule has 0 aliphatic heterocycles. The predicted molar refractivity (Wildman–Crippen MR) is 109 cm³/mol. The number of nitrogens with zero attached hydrogens (tertiary/aromatic N) is 2. The second kappa shape index (κ2) is 9.08. The number of rotatable bonds is 7. The number of anilines is 1. The fraction of sp³-hybridized carbons (Fsp3) is 0.500. The number of hydrogen-bond acceptors (Lipinski definition) is 5. The summed E-state index contributed by atoms with van der Waals surface area (Å²) >= 11 is 1.30. The molecule has 0 aliphatic carbocycles. The van der Waals surface area contributed by atoms with Gasteiger partial charge in [0.15, 0.2) is 0 Å². The molecule has 0 aliphatic rings. The Morgan fingerprint density at radius 1 is 1.11 bits per heavy atom. The van der Waals surface area contributed by atoms with Crippen molar-refractivity contribution in [2.75, 3.05) is 5.32 Å². The third-order valence-corrected chi connectivity index (χ3v) is 4.83. The van der Waals surface area contributed by atoms with Crippen LogP contribution in [0.15, 0.2) is 30.3 Å². The Hall–Kier alpha value is -2.28. The van der Waals surface area contributed by atoms with Crippen LogP contribution in [0.2, 0.25) is 0 Å². The highest BCUT2D eigenvalue weighted by Gasteiger charge is 2.21. The lowest BCUT2D eigenvalue weighted by Gasteiger charge is -2.23. The third-order valence-electron chi connectivity index (χ3n) is 3.94. The van der Waals surface area contributed by atoms with E-state index in [0.29, 0.717) is 11.6 Å². The van der Waals surface area contributed by atoms with Crippen LogP contribution in [0.25, 0.3) is 10.6 Å². The van der Waals surface area contributed by atoms with Crippen molar-refractivity contribution in [3.05, 3.63) is 30.3 Å². The first-order valence-corrected chi connectivity index (χ1v) is 9.95. The monoisotopic (exact) mass is 388 g/mol. The molecule has 2 rings (SSSR count). The second-order valence-electron chi connectivity index (χ2n) is 8.13. The fourth-order valence-corrected chi connectivity index (χ4v) is 3.74. The van der Waals surface area contributed by atoms with Gasteiger partial charge in [0, 0.05) is 12.0 Å². The van der Waals surface area contributed by atoms with E-state index in [2.05, 4.69) is 48.5 Å². The van der Waals surface area contributed by atoms with E-state index in [-0.39, 0.29) is 23.1 Å². The molecule has 2 amide bonds. The quantitative estimate of drug-likeness (QED) is 0.747. The standard InChI is InChI=1S/C20H28N4O2S/c1-13(12-20(3,4)5)11-16(25)21-14(2)17(26)22-19-24-23-18(27-19)15-9-7-6-8-10-15/h6-10,13-14H,11-12H2,1-5H3,(H,21,25)(H,22,24,26). The SMILES string of the molecule is CC(CC(=O)NC(C)C(=O)Nc1nnc(-c2ccccc2)s1)CC(C)(C)C. The zero-order valence-electron chi connectivity index (χ0n) is 16.6. The van der Waals surface area contributed by atoms with Crippen molar-refractivity contribution in [2.24, 2.45) is 11.3 Å². The normalized spacial score (nSPS) is 13.7. The number of hydrogen-bond donors (Lipinski definition) is 2. The first kappa shape index (κ1) is 21.0. The molecule has 146 valence electrons. The van der Waals surface area contributed by atoms with Gasteiger partial charge >= 0.3 is 0 Å². The summed E-state index contributed by atoms with van der Waals surface area (Å²) in [5, 5.41) is 14.7. The maximum atomic E-state index is 12.3. The zero-order valence-corrected chi connectivity index (χ0v) is 17.4. The van der Waals surface area contributed by atoms with Crippen molar-refractivity contribution in [2.45, 2.75) is 53.5 Å². The molecule has 2 unspecified atom stereocenters. The summed E-state index contributed by atoms with van der Waals surface area (Å²) in [5.41, 5.74) is 1.13. The maximum Gasteiger partial charge on any atom is 0.248 e. The first-order valence-electron chi connectivity index (χ1n) is 9.13. The van der Waals surface area contributed by atoms with E-state index in [1.54, 1.807) is 6.92 Å². The highest BCUT2D eigenvalue weighted by atomic mass is 32.1. The zero-order chi connectivity index (χ0) is 20.0. The molecule has 0 radical (unpaired) electrons. The Kier molecular flexibility index (Phi) is 7.07. The molecule has 27 heavy (non-hydrogen) atoms. The molecule has 1 heterocycles. The van der Waals surface area contributed by atoms with Gasteiger partial charge in [0.2, 0.25) is 16.9 Å². The topological polar surface area (TPSA) is 84.0 Å². The number of amides is 2. The van der Waals surface area contributed by atoms with Crippen LogP contribution < -0.4 is 10.6 Å². The van der Waals surface area contributed by atoms with Gasteiger partial charge in [0.05, 0.1) is 0 Å². The van der Waals surface area contributed by atoms with Crippen molar-refractivity contribution in [3.8, 4) is 10.6 Å². The molecule has 1 aromatic heterocycles. The van der Waals surface area contributed by atoms with Crippen LogP contribution in [0.5, 0.6) is 0 Å². The summed E-state index contributed by atoms with van der Waals surface area (Å²) in [4.78, 5) is 24.5. The molecule has 1 aromatic carbocycles. The summed E-state index contributed by atoms with van der Waals surface area (Å²) in [5.74, 6) is -0.156. The van der Waals surface area contributed by atoms with Crippen LogP contribution in [-0.2, 0) is 9.59 Å². The number of nitrogens with one attached hydrogen (secondary N) is 2. The average molecular weight is 389 g/mol. The second-order valence-corrected chi connectivity index (χ2v) is 9.11. The van der Waals surface area contributed by atoms with Gasteiger partial charge in [-0.3, -0.25) is 14.9 Å². The molecule has 7 heteroatoms. The molecular formula is C20H28N4O2S. The molecule has 0 bridgehead atoms. The van der Waals surface area contributed by atoms with Crippen LogP contribution in [0.1, 0.15) is 47.5 Å². The largest absolute Gasteiger partial charge is 0.345 e. The number of aromatic nitrogens is 2. The lowest BCUT2D eigenvalue weighted by atomic mass is 9.84. The minimum Gasteiger partial charge on any atom is -0.345 e. The smallest absolute Gasteiger partial charge is 0.248 e. The third kappa shape index (κ3) is 7.09. The summed E-state index contributed by atoms with van der Waals surface area (Å²) in [6, 6.07) is 9.02. The number of carbonyl (C=O) groups excluding carboxylic acids is 2. The van der Waals surface area contributed by atoms with Crippen molar-refractivity contribution < 1.29 is 9.59 Å². The lowest BCUT2D eigenvalue weighted by Crippen LogP contribution is -2.42. The molecule has 0 saturated carbocycles. The number of benzene rings is 1. The highest BCUT2D eigenvalue weighted by molar-refractivity contribution is 7.18. The van der Waals surface area contributed by atoms with Crippen molar-refractivity contribution in [1.82, 2.24) is 15.5 Å². The molecule has 6 nitrogen and oxygen atoms in total. The van der Waals surface area contributed by atoms with Gasteiger partial charge in [-0.2, -0.15) is 0 Å². The van der Waals surface area contributed by atoms with Crippen LogP contribution in [0.4, 0.5) is 5.13 Å². The van der Waals surface area contributed by atoms with E-state index >= 15 is 0 Å². The van der Waals surface area contributed by atoms with Crippen LogP contribution >= 0.6 is 11.3 Å². The van der Waals surface area contributed by atoms with E-state index in [0.717, 1.165) is 17.0 Å². The minimum absolute atomic E-state index is 0.114. The van der Waals surface area contributed by atoms with Gasteiger partial charge in [-0.1, -0.05) is 69.4 Å². The molecule has 0 fully saturated rings. The first-order chi connectivity index (χ1) is 12.6. The van der Waals surface area contributed by atoms with Gasteiger partial charge in [-0.05, 0) is 24.7 Å². The summed E-state index contributed by atoms with van der Waals surface area (Å²) < 4.78 is 0. The summed E-state index contributed by atoms with van der Waals surface area (Å²) in [6.07, 6.45) is 1.36. The van der Waals surface area contributed by atoms with E-state index in [9.17, 15) is 9.59 Å². The Morgan fingerprint density at radius 3 is 2.41 bits per heavy atom. The Morgan fingerprint density at radius 2 is 1.78 bits per heavy atom. The van der Waals surface area contributed by atoms with Gasteiger partial charge in [-0.15, -0.1) is 10.2 Å². The maximum absolute atomic E-state index is 12.3. The Balaban J connectivity index is 1.85. The van der Waals surface area contributed by atoms with Crippen molar-refractivity contribution in [1.29, 1.82) is 0 Å². The van der Waals surface area contributed by atoms with E-state index in [1.165, 1.54) is 11.3 Å². The van der Waals surface area contributed by atoms with Crippen LogP contribution in [0, 0.1) is 11.3 Å². The molecular weight excluding hydrogens is 360 g/mol. The van der Waals surface area contributed by atoms with Crippen LogP contribution in [-0.4, -0.2) is 28.1 Å². The van der Waals surface area contributed by atoms with E-state index in [4.69, 9.17) is 0 Å². The molecule has 0 spiro atoms. The van der Waals surface area contributed by atoms with Crippen molar-refractivity contribution >= 4 is 28.3 Å². The predicted octanol–water partition coefficient (Wildman–Crippen LogP) is 4.11. The lowest BCUT2D eigenvalue weighted by molar-refractivity contribution is -0.126. The summed E-state index contributed by atoms with van der Waals surface area (Å²) in [6.45, 7) is 10.2. The highest BCUT2D eigenvalue weighted by Crippen LogP contribution is 2.27. The van der Waals surface area contributed by atoms with Crippen LogP contribution in [0.3, 0.4) is 0 Å². The minimum atomic E-state index is -0.636. The Labute approximate surface area is 164 Å². The van der Waals surface area contributed by atoms with E-state index in [1.807, 2.05) is 30.3 Å².